The van der Waals surface area contributed by atoms with E-state index in [9.17, 15) is 5.26 Å². The predicted molar refractivity (Wildman–Crippen MR) is 127 cm³/mol. The Hall–Kier alpha value is -3.77. The van der Waals surface area contributed by atoms with Gasteiger partial charge in [-0.1, -0.05) is 0 Å². The number of aryl methyl sites for hydroxylation is 1. The topological polar surface area (TPSA) is 114 Å². The summed E-state index contributed by atoms with van der Waals surface area (Å²) in [5, 5.41) is 18.4. The molecule has 0 spiro atoms. The van der Waals surface area contributed by atoms with Gasteiger partial charge in [0.15, 0.2) is 0 Å². The molecule has 2 aliphatic heterocycles. The number of nitriles is 1. The fraction of sp³-hybridized carbons (Fsp3) is 0.400. The SMILES string of the molecule is Cn1cc(-c2cc(-c3cnc(N4[C@@H]5C[C@@H]6C[C@H]4C[C@@](N)(C6)C5)cn3)c3c(C#N)cnn3c2)cn1. The van der Waals surface area contributed by atoms with Crippen LogP contribution in [0.5, 0.6) is 0 Å². The van der Waals surface area contributed by atoms with E-state index < -0.39 is 0 Å². The average Bonchev–Trinajstić information content (AvgIpc) is 3.43. The number of piperidine rings is 2. The molecule has 0 radical (unpaired) electrons. The van der Waals surface area contributed by atoms with Crippen LogP contribution in [-0.2, 0) is 7.05 Å². The zero-order valence-corrected chi connectivity index (χ0v) is 19.0. The molecule has 34 heavy (non-hydrogen) atoms. The van der Waals surface area contributed by atoms with Crippen LogP contribution in [0.4, 0.5) is 5.82 Å². The van der Waals surface area contributed by atoms with Crippen LogP contribution in [0.1, 0.15) is 37.7 Å². The van der Waals surface area contributed by atoms with Crippen molar-refractivity contribution in [2.75, 3.05) is 4.90 Å². The Bertz CT molecular complexity index is 1440. The van der Waals surface area contributed by atoms with Gasteiger partial charge in [-0.15, -0.1) is 0 Å². The smallest absolute Gasteiger partial charge is 0.147 e. The van der Waals surface area contributed by atoms with E-state index in [4.69, 9.17) is 15.7 Å². The number of nitrogens with two attached hydrogens (primary N) is 1. The van der Waals surface area contributed by atoms with Crippen LogP contribution in [0.2, 0.25) is 0 Å². The Morgan fingerprint density at radius 2 is 1.82 bits per heavy atom. The highest BCUT2D eigenvalue weighted by Crippen LogP contribution is 2.51. The number of fused-ring (bicyclic) bond motifs is 1. The third-order valence-electron chi connectivity index (χ3n) is 7.93. The van der Waals surface area contributed by atoms with Crippen LogP contribution in [0.3, 0.4) is 0 Å². The van der Waals surface area contributed by atoms with E-state index in [0.717, 1.165) is 52.5 Å². The van der Waals surface area contributed by atoms with Crippen LogP contribution in [-0.4, -0.2) is 47.0 Å². The maximum atomic E-state index is 9.67. The summed E-state index contributed by atoms with van der Waals surface area (Å²) >= 11 is 0. The Morgan fingerprint density at radius 1 is 1.00 bits per heavy atom. The molecule has 170 valence electrons. The molecule has 4 bridgehead atoms. The summed E-state index contributed by atoms with van der Waals surface area (Å²) in [5.74, 6) is 1.68. The van der Waals surface area contributed by atoms with Crippen LogP contribution in [0.25, 0.3) is 27.9 Å². The maximum absolute atomic E-state index is 9.67. The largest absolute Gasteiger partial charge is 0.349 e. The van der Waals surface area contributed by atoms with Crippen molar-refractivity contribution in [3.8, 4) is 28.5 Å². The van der Waals surface area contributed by atoms with Crippen molar-refractivity contribution in [3.05, 3.63) is 48.8 Å². The third-order valence-corrected chi connectivity index (χ3v) is 7.93. The van der Waals surface area contributed by atoms with Gasteiger partial charge in [-0.2, -0.15) is 15.5 Å². The molecule has 0 unspecified atom stereocenters. The average molecular weight is 452 g/mol. The van der Waals surface area contributed by atoms with Crippen molar-refractivity contribution < 1.29 is 0 Å². The second-order valence-electron chi connectivity index (χ2n) is 10.3. The molecule has 4 aromatic rings. The summed E-state index contributed by atoms with van der Waals surface area (Å²) < 4.78 is 3.51. The number of pyridine rings is 1. The van der Waals surface area contributed by atoms with Crippen molar-refractivity contribution in [2.24, 2.45) is 18.7 Å². The number of hydrogen-bond acceptors (Lipinski definition) is 7. The first-order valence-electron chi connectivity index (χ1n) is 11.8. The molecule has 9 nitrogen and oxygen atoms in total. The Labute approximate surface area is 196 Å². The van der Waals surface area contributed by atoms with E-state index in [1.165, 1.54) is 19.3 Å². The summed E-state index contributed by atoms with van der Waals surface area (Å²) in [5.41, 5.74) is 11.4. The van der Waals surface area contributed by atoms with E-state index in [2.05, 4.69) is 21.2 Å². The van der Waals surface area contributed by atoms with E-state index >= 15 is 0 Å². The van der Waals surface area contributed by atoms with Gasteiger partial charge in [0.25, 0.3) is 0 Å². The van der Waals surface area contributed by atoms with Gasteiger partial charge in [-0.25, -0.2) is 9.50 Å². The number of aromatic nitrogens is 6. The molecular weight excluding hydrogens is 426 g/mol. The number of nitrogens with zero attached hydrogens (tertiary/aromatic N) is 8. The van der Waals surface area contributed by atoms with E-state index in [0.29, 0.717) is 17.6 Å². The number of anilines is 1. The standard InChI is InChI=1S/C25H25N9/c1-32-13-18(10-30-32)16-4-21(24-17(8-26)9-31-33(24)14-16)22-11-29-23(12-28-22)34-19-2-15-3-20(34)7-25(27,5-15)6-19/h4,9-15,19-20H,2-3,5-7,27H2,1H3/t15-,19-,20+,25-. The molecule has 2 aliphatic carbocycles. The lowest BCUT2D eigenvalue weighted by Crippen LogP contribution is -2.67. The van der Waals surface area contributed by atoms with Gasteiger partial charge in [-0.3, -0.25) is 9.67 Å². The normalized spacial score (nSPS) is 27.4. The highest BCUT2D eigenvalue weighted by Gasteiger charge is 2.53. The van der Waals surface area contributed by atoms with Gasteiger partial charge < -0.3 is 10.6 Å². The van der Waals surface area contributed by atoms with Gasteiger partial charge in [-0.05, 0) is 44.1 Å². The first-order chi connectivity index (χ1) is 16.5. The van der Waals surface area contributed by atoms with Crippen LogP contribution in [0, 0.1) is 17.2 Å². The monoisotopic (exact) mass is 451 g/mol. The molecule has 2 saturated heterocycles. The molecule has 8 rings (SSSR count). The second-order valence-corrected chi connectivity index (χ2v) is 10.3. The number of hydrogen-bond donors (Lipinski definition) is 1. The Kier molecular flexibility index (Phi) is 3.98. The first kappa shape index (κ1) is 19.7. The lowest BCUT2D eigenvalue weighted by Gasteiger charge is -2.60. The molecule has 4 aromatic heterocycles. The van der Waals surface area contributed by atoms with Crippen molar-refractivity contribution in [1.82, 2.24) is 29.4 Å². The van der Waals surface area contributed by atoms with E-state index in [1.54, 1.807) is 15.4 Å². The summed E-state index contributed by atoms with van der Waals surface area (Å²) in [7, 11) is 1.89. The van der Waals surface area contributed by atoms with Crippen LogP contribution < -0.4 is 10.6 Å². The molecule has 4 aliphatic rings. The highest BCUT2D eigenvalue weighted by molar-refractivity contribution is 5.86. The van der Waals surface area contributed by atoms with Crippen molar-refractivity contribution in [2.45, 2.75) is 49.7 Å². The molecule has 2 N–H and O–H groups in total. The molecule has 4 fully saturated rings. The molecule has 4 atom stereocenters. The number of rotatable bonds is 3. The molecule has 2 saturated carbocycles. The predicted octanol–water partition coefficient (Wildman–Crippen LogP) is 2.91. The van der Waals surface area contributed by atoms with Gasteiger partial charge >= 0.3 is 0 Å². The lowest BCUT2D eigenvalue weighted by atomic mass is 9.60. The van der Waals surface area contributed by atoms with Gasteiger partial charge in [0.1, 0.15) is 11.9 Å². The van der Waals surface area contributed by atoms with Crippen molar-refractivity contribution in [1.29, 1.82) is 5.26 Å². The quantitative estimate of drug-likeness (QED) is 0.509. The zero-order valence-electron chi connectivity index (χ0n) is 19.0. The van der Waals surface area contributed by atoms with Crippen LogP contribution >= 0.6 is 0 Å². The van der Waals surface area contributed by atoms with Crippen molar-refractivity contribution in [3.63, 3.8) is 0 Å². The van der Waals surface area contributed by atoms with Gasteiger partial charge in [0, 0.05) is 53.8 Å². The minimum absolute atomic E-state index is 0.00834. The minimum atomic E-state index is 0.00834. The Morgan fingerprint density at radius 3 is 2.47 bits per heavy atom. The van der Waals surface area contributed by atoms with Crippen molar-refractivity contribution >= 4 is 11.3 Å². The molecule has 9 heteroatoms. The summed E-state index contributed by atoms with van der Waals surface area (Å²) in [6.45, 7) is 0. The second kappa shape index (κ2) is 6.87. The van der Waals surface area contributed by atoms with Gasteiger partial charge in [0.05, 0.1) is 41.6 Å². The Balaban J connectivity index is 1.30. The maximum Gasteiger partial charge on any atom is 0.147 e. The third kappa shape index (κ3) is 2.88. The van der Waals surface area contributed by atoms with Gasteiger partial charge in [0.2, 0.25) is 0 Å². The van der Waals surface area contributed by atoms with E-state index in [1.807, 2.05) is 44.1 Å². The molecule has 6 heterocycles. The first-order valence-corrected chi connectivity index (χ1v) is 11.8. The summed E-state index contributed by atoms with van der Waals surface area (Å²) in [4.78, 5) is 12.2. The molecule has 0 aromatic carbocycles. The molecular formula is C25H25N9. The fourth-order valence-corrected chi connectivity index (χ4v) is 6.78. The highest BCUT2D eigenvalue weighted by atomic mass is 15.3. The summed E-state index contributed by atoms with van der Waals surface area (Å²) in [6, 6.07) is 5.21. The minimum Gasteiger partial charge on any atom is -0.349 e. The fourth-order valence-electron chi connectivity index (χ4n) is 6.78. The summed E-state index contributed by atoms with van der Waals surface area (Å²) in [6.07, 6.45) is 16.7. The van der Waals surface area contributed by atoms with Crippen LogP contribution in [0.15, 0.2) is 43.2 Å². The lowest BCUT2D eigenvalue weighted by molar-refractivity contribution is 0.0647. The van der Waals surface area contributed by atoms with E-state index in [-0.39, 0.29) is 5.54 Å². The zero-order chi connectivity index (χ0) is 23.0. The molecule has 0 amide bonds.